The topological polar surface area (TPSA) is 17.8 Å². The van der Waals surface area contributed by atoms with E-state index >= 15 is 0 Å². The second kappa shape index (κ2) is 6.20. The standard InChI is InChI=1S/C16H24ClIN2Si/c1-10(2)21(11(3)4,12(5)6)20-8-7-13-9-14(18)19-16(17)15(13)20/h7-12H,1-6H3. The van der Waals surface area contributed by atoms with Gasteiger partial charge in [-0.05, 0) is 57.5 Å². The molecule has 0 aliphatic heterocycles. The molecule has 2 heterocycles. The molecule has 0 N–H and O–H groups in total. The summed E-state index contributed by atoms with van der Waals surface area (Å²) >= 11 is 8.74. The van der Waals surface area contributed by atoms with Gasteiger partial charge in [0.15, 0.2) is 13.4 Å². The molecule has 2 aromatic heterocycles. The average Bonchev–Trinajstić information content (AvgIpc) is 2.72. The van der Waals surface area contributed by atoms with Gasteiger partial charge in [0.25, 0.3) is 0 Å². The second-order valence-electron chi connectivity index (χ2n) is 6.71. The molecule has 0 aliphatic carbocycles. The van der Waals surface area contributed by atoms with Crippen LogP contribution in [-0.2, 0) is 0 Å². The first-order valence-electron chi connectivity index (χ1n) is 7.56. The Balaban J connectivity index is 2.84. The number of nitrogens with zero attached hydrogens (tertiary/aromatic N) is 2. The second-order valence-corrected chi connectivity index (χ2v) is 13.9. The molecule has 0 saturated carbocycles. The van der Waals surface area contributed by atoms with Crippen LogP contribution in [0.15, 0.2) is 18.3 Å². The Morgan fingerprint density at radius 2 is 1.62 bits per heavy atom. The number of fused-ring (bicyclic) bond motifs is 1. The third kappa shape index (κ3) is 2.68. The summed E-state index contributed by atoms with van der Waals surface area (Å²) in [6.45, 7) is 14.2. The van der Waals surface area contributed by atoms with Crippen LogP contribution in [0.5, 0.6) is 0 Å². The molecule has 21 heavy (non-hydrogen) atoms. The highest BCUT2D eigenvalue weighted by Crippen LogP contribution is 2.45. The summed E-state index contributed by atoms with van der Waals surface area (Å²) in [7, 11) is -1.77. The van der Waals surface area contributed by atoms with Crippen molar-refractivity contribution in [3.8, 4) is 0 Å². The van der Waals surface area contributed by atoms with Crippen LogP contribution in [0.4, 0.5) is 0 Å². The quantitative estimate of drug-likeness (QED) is 0.313. The first-order valence-corrected chi connectivity index (χ1v) is 11.2. The van der Waals surface area contributed by atoms with Crippen molar-refractivity contribution >= 4 is 53.3 Å². The van der Waals surface area contributed by atoms with Crippen LogP contribution < -0.4 is 0 Å². The van der Waals surface area contributed by atoms with E-state index in [0.717, 1.165) is 9.22 Å². The van der Waals surface area contributed by atoms with Gasteiger partial charge in [0.05, 0.1) is 5.52 Å². The molecule has 0 bridgehead atoms. The SMILES string of the molecule is CC(C)[Si](C(C)C)(C(C)C)n1ccc2cc(I)nc(Cl)c21. The van der Waals surface area contributed by atoms with Crippen LogP contribution in [-0.4, -0.2) is 17.5 Å². The number of halogens is 2. The predicted molar refractivity (Wildman–Crippen MR) is 104 cm³/mol. The first kappa shape index (κ1) is 17.3. The molecule has 2 nitrogen and oxygen atoms in total. The van der Waals surface area contributed by atoms with Gasteiger partial charge in [-0.3, -0.25) is 0 Å². The van der Waals surface area contributed by atoms with E-state index in [1.807, 2.05) is 0 Å². The number of rotatable bonds is 4. The summed E-state index contributed by atoms with van der Waals surface area (Å²) in [6.07, 6.45) is 2.25. The van der Waals surface area contributed by atoms with E-state index < -0.39 is 8.24 Å². The summed E-state index contributed by atoms with van der Waals surface area (Å²) in [6, 6.07) is 4.32. The average molecular weight is 435 g/mol. The van der Waals surface area contributed by atoms with Crippen molar-refractivity contribution in [1.82, 2.24) is 9.22 Å². The number of hydrogen-bond acceptors (Lipinski definition) is 1. The highest BCUT2D eigenvalue weighted by Gasteiger charge is 2.45. The lowest BCUT2D eigenvalue weighted by Crippen LogP contribution is -2.51. The van der Waals surface area contributed by atoms with Crippen molar-refractivity contribution in [3.05, 3.63) is 27.2 Å². The number of aromatic nitrogens is 2. The maximum absolute atomic E-state index is 6.51. The Bertz CT molecular complexity index is 627. The van der Waals surface area contributed by atoms with Crippen molar-refractivity contribution in [1.29, 1.82) is 0 Å². The molecular formula is C16H24ClIN2Si. The molecule has 0 unspecified atom stereocenters. The Hall–Kier alpha value is -0.0731. The molecule has 2 aromatic rings. The highest BCUT2D eigenvalue weighted by atomic mass is 127. The molecule has 0 radical (unpaired) electrons. The summed E-state index contributed by atoms with van der Waals surface area (Å²) in [5.74, 6) is 0. The predicted octanol–water partition coefficient (Wildman–Crippen LogP) is 6.32. The summed E-state index contributed by atoms with van der Waals surface area (Å²) in [4.78, 5) is 4.48. The van der Waals surface area contributed by atoms with Crippen molar-refractivity contribution in [2.75, 3.05) is 0 Å². The van der Waals surface area contributed by atoms with Gasteiger partial charge in [0.2, 0.25) is 0 Å². The van der Waals surface area contributed by atoms with Crippen LogP contribution in [0.25, 0.3) is 10.9 Å². The van der Waals surface area contributed by atoms with E-state index in [2.05, 4.69) is 91.7 Å². The smallest absolute Gasteiger partial charge is 0.169 e. The first-order chi connectivity index (χ1) is 9.72. The van der Waals surface area contributed by atoms with Crippen LogP contribution in [0.2, 0.25) is 21.8 Å². The van der Waals surface area contributed by atoms with Gasteiger partial charge < -0.3 is 4.23 Å². The fourth-order valence-corrected chi connectivity index (χ4v) is 12.0. The normalized spacial score (nSPS) is 13.1. The van der Waals surface area contributed by atoms with Crippen molar-refractivity contribution in [3.63, 3.8) is 0 Å². The molecule has 0 amide bonds. The van der Waals surface area contributed by atoms with Crippen molar-refractivity contribution in [2.24, 2.45) is 0 Å². The molecular weight excluding hydrogens is 411 g/mol. The van der Waals surface area contributed by atoms with Gasteiger partial charge >= 0.3 is 0 Å². The molecule has 0 atom stereocenters. The van der Waals surface area contributed by atoms with E-state index in [-0.39, 0.29) is 0 Å². The third-order valence-corrected chi connectivity index (χ3v) is 12.4. The minimum Gasteiger partial charge on any atom is -0.371 e. The van der Waals surface area contributed by atoms with Crippen molar-refractivity contribution in [2.45, 2.75) is 58.2 Å². The molecule has 2 rings (SSSR count). The Labute approximate surface area is 147 Å². The van der Waals surface area contributed by atoms with E-state index in [4.69, 9.17) is 11.6 Å². The van der Waals surface area contributed by atoms with Gasteiger partial charge in [-0.15, -0.1) is 0 Å². The molecule has 0 spiro atoms. The summed E-state index contributed by atoms with van der Waals surface area (Å²) < 4.78 is 3.47. The highest BCUT2D eigenvalue weighted by molar-refractivity contribution is 14.1. The zero-order chi connectivity index (χ0) is 15.9. The summed E-state index contributed by atoms with van der Waals surface area (Å²) in [5, 5.41) is 1.85. The maximum atomic E-state index is 6.51. The Kier molecular flexibility index (Phi) is 5.10. The molecule has 0 saturated heterocycles. The van der Waals surface area contributed by atoms with E-state index in [1.165, 1.54) is 5.39 Å². The summed E-state index contributed by atoms with van der Waals surface area (Å²) in [5.41, 5.74) is 3.05. The largest absolute Gasteiger partial charge is 0.371 e. The molecule has 116 valence electrons. The molecule has 0 fully saturated rings. The van der Waals surface area contributed by atoms with E-state index in [9.17, 15) is 0 Å². The Morgan fingerprint density at radius 3 is 2.10 bits per heavy atom. The lowest BCUT2D eigenvalue weighted by Gasteiger charge is -2.44. The fourth-order valence-electron chi connectivity index (χ4n) is 4.25. The number of hydrogen-bond donors (Lipinski definition) is 0. The van der Waals surface area contributed by atoms with Crippen LogP contribution in [0, 0.1) is 3.70 Å². The van der Waals surface area contributed by atoms with Gasteiger partial charge in [0.1, 0.15) is 3.70 Å². The molecule has 5 heteroatoms. The van der Waals surface area contributed by atoms with E-state index in [0.29, 0.717) is 21.8 Å². The zero-order valence-corrected chi connectivity index (χ0v) is 17.5. The van der Waals surface area contributed by atoms with Gasteiger partial charge in [-0.1, -0.05) is 53.1 Å². The van der Waals surface area contributed by atoms with Gasteiger partial charge in [-0.25, -0.2) is 4.98 Å². The lowest BCUT2D eigenvalue weighted by atomic mass is 10.3. The monoisotopic (exact) mass is 434 g/mol. The van der Waals surface area contributed by atoms with Crippen molar-refractivity contribution < 1.29 is 0 Å². The minimum absolute atomic E-state index is 0.640. The van der Waals surface area contributed by atoms with Crippen LogP contribution in [0.1, 0.15) is 41.5 Å². The number of pyridine rings is 1. The zero-order valence-electron chi connectivity index (χ0n) is 13.6. The van der Waals surface area contributed by atoms with Crippen LogP contribution in [0.3, 0.4) is 0 Å². The molecule has 0 aliphatic rings. The minimum atomic E-state index is -1.77. The van der Waals surface area contributed by atoms with E-state index in [1.54, 1.807) is 0 Å². The van der Waals surface area contributed by atoms with Gasteiger partial charge in [0, 0.05) is 5.39 Å². The third-order valence-electron chi connectivity index (χ3n) is 4.78. The van der Waals surface area contributed by atoms with Crippen LogP contribution >= 0.6 is 34.2 Å². The maximum Gasteiger partial charge on any atom is 0.169 e. The fraction of sp³-hybridized carbons (Fsp3) is 0.562. The van der Waals surface area contributed by atoms with Gasteiger partial charge in [-0.2, -0.15) is 0 Å². The lowest BCUT2D eigenvalue weighted by molar-refractivity contribution is 0.772. The molecule has 0 aromatic carbocycles. The Morgan fingerprint density at radius 1 is 1.10 bits per heavy atom.